The highest BCUT2D eigenvalue weighted by Gasteiger charge is 2.49. The van der Waals surface area contributed by atoms with E-state index in [2.05, 4.69) is 29.2 Å². The molecule has 1 nitrogen and oxygen atoms in total. The van der Waals surface area contributed by atoms with Gasteiger partial charge in [-0.25, -0.2) is 0 Å². The van der Waals surface area contributed by atoms with Crippen LogP contribution in [0.15, 0.2) is 24.3 Å². The van der Waals surface area contributed by atoms with Gasteiger partial charge in [-0.05, 0) is 68.7 Å². The lowest BCUT2D eigenvalue weighted by Gasteiger charge is -2.56. The van der Waals surface area contributed by atoms with Crippen LogP contribution in [-0.2, 0) is 12.0 Å². The highest BCUT2D eigenvalue weighted by Crippen LogP contribution is 2.52. The first-order chi connectivity index (χ1) is 9.91. The average molecular weight is 269 g/mol. The third-order valence-corrected chi connectivity index (χ3v) is 6.20. The second-order valence-electron chi connectivity index (χ2n) is 7.11. The largest absolute Gasteiger partial charge is 0.293 e. The third kappa shape index (κ3) is 1.86. The second kappa shape index (κ2) is 5.18. The van der Waals surface area contributed by atoms with E-state index in [-0.39, 0.29) is 0 Å². The number of aryl methyl sites for hydroxylation is 1. The van der Waals surface area contributed by atoms with E-state index in [1.54, 1.807) is 11.1 Å². The Morgan fingerprint density at radius 2 is 1.75 bits per heavy atom. The monoisotopic (exact) mass is 269 g/mol. The summed E-state index contributed by atoms with van der Waals surface area (Å²) in [4.78, 5) is 2.90. The van der Waals surface area contributed by atoms with E-state index in [1.165, 1.54) is 70.9 Å². The number of rotatable bonds is 1. The maximum absolute atomic E-state index is 2.90. The molecule has 1 heterocycles. The molecule has 0 radical (unpaired) electrons. The van der Waals surface area contributed by atoms with E-state index in [9.17, 15) is 0 Å². The number of fused-ring (bicyclic) bond motifs is 3. The molecular formula is C19H27N. The van der Waals surface area contributed by atoms with Crippen molar-refractivity contribution in [2.24, 2.45) is 5.92 Å². The second-order valence-corrected chi connectivity index (χ2v) is 7.11. The molecule has 0 aromatic heterocycles. The quantitative estimate of drug-likeness (QED) is 0.725. The number of piperidine rings is 1. The summed E-state index contributed by atoms with van der Waals surface area (Å²) in [5.74, 6) is 0.921. The molecule has 2 fully saturated rings. The van der Waals surface area contributed by atoms with Gasteiger partial charge in [-0.1, -0.05) is 43.5 Å². The maximum Gasteiger partial charge on any atom is 0.0491 e. The molecule has 1 saturated heterocycles. The highest BCUT2D eigenvalue weighted by molar-refractivity contribution is 5.38. The lowest BCUT2D eigenvalue weighted by Crippen LogP contribution is -2.56. The van der Waals surface area contributed by atoms with Gasteiger partial charge >= 0.3 is 0 Å². The molecule has 3 aliphatic rings. The molecule has 20 heavy (non-hydrogen) atoms. The van der Waals surface area contributed by atoms with Crippen LogP contribution in [0, 0.1) is 5.92 Å². The molecule has 2 aliphatic carbocycles. The van der Waals surface area contributed by atoms with E-state index >= 15 is 0 Å². The van der Waals surface area contributed by atoms with Crippen molar-refractivity contribution in [3.8, 4) is 0 Å². The highest BCUT2D eigenvalue weighted by atomic mass is 15.2. The topological polar surface area (TPSA) is 3.24 Å². The fraction of sp³-hybridized carbons (Fsp3) is 0.684. The first kappa shape index (κ1) is 12.9. The van der Waals surface area contributed by atoms with Crippen LogP contribution in [0.4, 0.5) is 0 Å². The summed E-state index contributed by atoms with van der Waals surface area (Å²) >= 11 is 0. The van der Waals surface area contributed by atoms with Gasteiger partial charge in [0.2, 0.25) is 0 Å². The zero-order valence-corrected chi connectivity index (χ0v) is 12.6. The first-order valence-electron chi connectivity index (χ1n) is 8.75. The van der Waals surface area contributed by atoms with E-state index in [1.807, 2.05) is 0 Å². The van der Waals surface area contributed by atoms with Gasteiger partial charge in [0.25, 0.3) is 0 Å². The van der Waals surface area contributed by atoms with Crippen molar-refractivity contribution in [3.05, 3.63) is 35.4 Å². The minimum Gasteiger partial charge on any atom is -0.293 e. The third-order valence-electron chi connectivity index (χ3n) is 6.20. The Hall–Kier alpha value is -0.820. The predicted molar refractivity (Wildman–Crippen MR) is 83.8 cm³/mol. The molecule has 1 aromatic rings. The first-order valence-corrected chi connectivity index (χ1v) is 8.75. The Morgan fingerprint density at radius 3 is 2.65 bits per heavy atom. The lowest BCUT2D eigenvalue weighted by molar-refractivity contribution is -0.0277. The fourth-order valence-electron chi connectivity index (χ4n) is 5.34. The van der Waals surface area contributed by atoms with Crippen molar-refractivity contribution in [1.29, 1.82) is 0 Å². The van der Waals surface area contributed by atoms with Crippen molar-refractivity contribution in [2.75, 3.05) is 13.1 Å². The number of hydrogen-bond acceptors (Lipinski definition) is 1. The molecule has 0 amide bonds. The SMILES string of the molecule is c1ccc2c(c1)CC[C@@H]1CCCC[C@]21N1CCCCC1. The summed E-state index contributed by atoms with van der Waals surface area (Å²) in [7, 11) is 0. The average Bonchev–Trinajstić information content (AvgIpc) is 2.55. The minimum atomic E-state index is 0.410. The van der Waals surface area contributed by atoms with Crippen LogP contribution in [0.2, 0.25) is 0 Å². The number of benzene rings is 1. The van der Waals surface area contributed by atoms with Gasteiger partial charge in [0.1, 0.15) is 0 Å². The Kier molecular flexibility index (Phi) is 3.34. The van der Waals surface area contributed by atoms with Crippen molar-refractivity contribution >= 4 is 0 Å². The van der Waals surface area contributed by atoms with Crippen LogP contribution < -0.4 is 0 Å². The Morgan fingerprint density at radius 1 is 0.900 bits per heavy atom. The van der Waals surface area contributed by atoms with Crippen LogP contribution in [0.1, 0.15) is 62.5 Å². The zero-order chi connectivity index (χ0) is 13.4. The van der Waals surface area contributed by atoms with Gasteiger partial charge in [0.05, 0.1) is 0 Å². The van der Waals surface area contributed by atoms with E-state index in [4.69, 9.17) is 0 Å². The Labute approximate surface area is 123 Å². The standard InChI is InChI=1S/C19H27N/c1-6-14-20(15-7-1)19-13-5-4-9-17(19)12-11-16-8-2-3-10-18(16)19/h2-3,8,10,17H,1,4-7,9,11-15H2/t17-,19+/m0/s1. The minimum absolute atomic E-state index is 0.410. The van der Waals surface area contributed by atoms with Gasteiger partial charge in [0.15, 0.2) is 0 Å². The summed E-state index contributed by atoms with van der Waals surface area (Å²) in [6, 6.07) is 9.38. The van der Waals surface area contributed by atoms with Gasteiger partial charge in [-0.3, -0.25) is 4.90 Å². The summed E-state index contributed by atoms with van der Waals surface area (Å²) < 4.78 is 0. The molecule has 108 valence electrons. The molecule has 1 aliphatic heterocycles. The summed E-state index contributed by atoms with van der Waals surface area (Å²) in [5.41, 5.74) is 3.77. The molecule has 1 heteroatoms. The van der Waals surface area contributed by atoms with Crippen LogP contribution in [0.5, 0.6) is 0 Å². The molecule has 1 aromatic carbocycles. The molecule has 0 bridgehead atoms. The van der Waals surface area contributed by atoms with Gasteiger partial charge in [-0.2, -0.15) is 0 Å². The van der Waals surface area contributed by atoms with Crippen LogP contribution >= 0.6 is 0 Å². The van der Waals surface area contributed by atoms with Crippen LogP contribution in [-0.4, -0.2) is 18.0 Å². The van der Waals surface area contributed by atoms with Gasteiger partial charge in [-0.15, -0.1) is 0 Å². The molecular weight excluding hydrogens is 242 g/mol. The summed E-state index contributed by atoms with van der Waals surface area (Å²) in [6.07, 6.45) is 12.8. The normalized spacial score (nSPS) is 34.3. The Balaban J connectivity index is 1.81. The van der Waals surface area contributed by atoms with Gasteiger partial charge < -0.3 is 0 Å². The number of likely N-dealkylation sites (tertiary alicyclic amines) is 1. The van der Waals surface area contributed by atoms with Crippen molar-refractivity contribution < 1.29 is 0 Å². The summed E-state index contributed by atoms with van der Waals surface area (Å²) in [6.45, 7) is 2.68. The fourth-order valence-corrected chi connectivity index (χ4v) is 5.34. The van der Waals surface area contributed by atoms with Crippen molar-refractivity contribution in [1.82, 2.24) is 4.90 Å². The van der Waals surface area contributed by atoms with E-state index in [0.717, 1.165) is 5.92 Å². The molecule has 0 spiro atoms. The van der Waals surface area contributed by atoms with Crippen molar-refractivity contribution in [3.63, 3.8) is 0 Å². The molecule has 0 unspecified atom stereocenters. The van der Waals surface area contributed by atoms with E-state index < -0.39 is 0 Å². The smallest absolute Gasteiger partial charge is 0.0491 e. The number of nitrogens with zero attached hydrogens (tertiary/aromatic N) is 1. The Bertz CT molecular complexity index is 474. The van der Waals surface area contributed by atoms with Crippen LogP contribution in [0.3, 0.4) is 0 Å². The number of hydrogen-bond donors (Lipinski definition) is 0. The predicted octanol–water partition coefficient (Wildman–Crippen LogP) is 4.50. The zero-order valence-electron chi connectivity index (χ0n) is 12.6. The van der Waals surface area contributed by atoms with Crippen molar-refractivity contribution in [2.45, 2.75) is 63.3 Å². The molecule has 4 rings (SSSR count). The van der Waals surface area contributed by atoms with Crippen LogP contribution in [0.25, 0.3) is 0 Å². The van der Waals surface area contributed by atoms with E-state index in [0.29, 0.717) is 5.54 Å². The maximum atomic E-state index is 2.90. The lowest BCUT2D eigenvalue weighted by atomic mass is 9.61. The molecule has 2 atom stereocenters. The molecule has 1 saturated carbocycles. The molecule has 0 N–H and O–H groups in total. The summed E-state index contributed by atoms with van der Waals surface area (Å²) in [5, 5.41) is 0. The van der Waals surface area contributed by atoms with Gasteiger partial charge in [0, 0.05) is 5.54 Å².